The Kier molecular flexibility index (Phi) is 4.66. The van der Waals surface area contributed by atoms with Gasteiger partial charge in [0.15, 0.2) is 0 Å². The van der Waals surface area contributed by atoms with Crippen molar-refractivity contribution in [2.45, 2.75) is 10.6 Å². The molecular formula is C14H11NO3S2. The van der Waals surface area contributed by atoms with E-state index >= 15 is 0 Å². The largest absolute Gasteiger partial charge is 0.495 e. The fourth-order valence-corrected chi connectivity index (χ4v) is 3.42. The minimum Gasteiger partial charge on any atom is -0.495 e. The monoisotopic (exact) mass is 305 g/mol. The molecule has 2 aromatic rings. The predicted octanol–water partition coefficient (Wildman–Crippen LogP) is 3.62. The van der Waals surface area contributed by atoms with E-state index in [0.29, 0.717) is 21.9 Å². The van der Waals surface area contributed by atoms with E-state index in [0.717, 1.165) is 10.5 Å². The lowest BCUT2D eigenvalue weighted by Crippen LogP contribution is -1.90. The van der Waals surface area contributed by atoms with Crippen LogP contribution in [0.15, 0.2) is 34.5 Å². The molecule has 0 unspecified atom stereocenters. The molecule has 2 rings (SSSR count). The molecule has 6 heteroatoms. The SMILES string of the molecule is COc1ccc(CSc2csc(C(=O)O)c2)cc1C#N. The van der Waals surface area contributed by atoms with E-state index < -0.39 is 5.97 Å². The van der Waals surface area contributed by atoms with Crippen molar-refractivity contribution in [3.63, 3.8) is 0 Å². The van der Waals surface area contributed by atoms with Crippen LogP contribution in [-0.2, 0) is 5.75 Å². The van der Waals surface area contributed by atoms with Gasteiger partial charge >= 0.3 is 5.97 Å². The quantitative estimate of drug-likeness (QED) is 0.854. The Morgan fingerprint density at radius 2 is 2.30 bits per heavy atom. The molecule has 0 aliphatic heterocycles. The van der Waals surface area contributed by atoms with Crippen LogP contribution in [0.3, 0.4) is 0 Å². The number of thiophene rings is 1. The number of benzene rings is 1. The molecule has 0 saturated carbocycles. The molecule has 102 valence electrons. The second-order valence-electron chi connectivity index (χ2n) is 3.89. The van der Waals surface area contributed by atoms with Gasteiger partial charge in [0.1, 0.15) is 16.7 Å². The molecule has 0 fully saturated rings. The number of carboxylic acids is 1. The van der Waals surface area contributed by atoms with Gasteiger partial charge in [-0.25, -0.2) is 4.79 Å². The molecule has 1 aromatic carbocycles. The number of hydrogen-bond acceptors (Lipinski definition) is 5. The van der Waals surface area contributed by atoms with E-state index in [2.05, 4.69) is 6.07 Å². The van der Waals surface area contributed by atoms with Crippen LogP contribution in [0.2, 0.25) is 0 Å². The molecule has 0 saturated heterocycles. The summed E-state index contributed by atoms with van der Waals surface area (Å²) in [5, 5.41) is 19.7. The molecule has 0 atom stereocenters. The summed E-state index contributed by atoms with van der Waals surface area (Å²) in [6.07, 6.45) is 0. The third kappa shape index (κ3) is 3.32. The third-order valence-corrected chi connectivity index (χ3v) is 4.69. The van der Waals surface area contributed by atoms with Crippen LogP contribution in [0.25, 0.3) is 0 Å². The van der Waals surface area contributed by atoms with Crippen LogP contribution in [0, 0.1) is 11.3 Å². The summed E-state index contributed by atoms with van der Waals surface area (Å²) in [6, 6.07) is 9.21. The zero-order valence-corrected chi connectivity index (χ0v) is 12.3. The standard InChI is InChI=1S/C14H11NO3S2/c1-18-12-3-2-9(4-10(12)6-15)7-19-11-5-13(14(16)17)20-8-11/h2-5,8H,7H2,1H3,(H,16,17). The fourth-order valence-electron chi connectivity index (χ4n) is 1.61. The first-order valence-electron chi connectivity index (χ1n) is 5.65. The highest BCUT2D eigenvalue weighted by Crippen LogP contribution is 2.29. The summed E-state index contributed by atoms with van der Waals surface area (Å²) < 4.78 is 5.09. The number of carbonyl (C=O) groups is 1. The van der Waals surface area contributed by atoms with Gasteiger partial charge in [0.05, 0.1) is 12.7 Å². The van der Waals surface area contributed by atoms with Crippen molar-refractivity contribution in [2.24, 2.45) is 0 Å². The minimum absolute atomic E-state index is 0.333. The summed E-state index contributed by atoms with van der Waals surface area (Å²) >= 11 is 2.76. The summed E-state index contributed by atoms with van der Waals surface area (Å²) in [4.78, 5) is 12.0. The van der Waals surface area contributed by atoms with E-state index in [1.54, 1.807) is 30.0 Å². The Balaban J connectivity index is 2.07. The molecule has 0 radical (unpaired) electrons. The number of nitrogens with zero attached hydrogens (tertiary/aromatic N) is 1. The Hall–Kier alpha value is -1.97. The molecule has 0 spiro atoms. The first-order chi connectivity index (χ1) is 9.63. The van der Waals surface area contributed by atoms with Gasteiger partial charge in [0.25, 0.3) is 0 Å². The van der Waals surface area contributed by atoms with Crippen molar-refractivity contribution in [3.8, 4) is 11.8 Å². The Labute approximate surface area is 124 Å². The molecule has 4 nitrogen and oxygen atoms in total. The molecule has 20 heavy (non-hydrogen) atoms. The lowest BCUT2D eigenvalue weighted by molar-refractivity contribution is 0.0702. The zero-order valence-electron chi connectivity index (χ0n) is 10.6. The van der Waals surface area contributed by atoms with Crippen LogP contribution >= 0.6 is 23.1 Å². The number of methoxy groups -OCH3 is 1. The van der Waals surface area contributed by atoms with Crippen molar-refractivity contribution >= 4 is 29.1 Å². The van der Waals surface area contributed by atoms with Crippen molar-refractivity contribution in [1.82, 2.24) is 0 Å². The van der Waals surface area contributed by atoms with Crippen LogP contribution < -0.4 is 4.74 Å². The summed E-state index contributed by atoms with van der Waals surface area (Å²) in [6.45, 7) is 0. The summed E-state index contributed by atoms with van der Waals surface area (Å²) in [5.41, 5.74) is 1.50. The molecule has 0 aliphatic rings. The average molecular weight is 305 g/mol. The summed E-state index contributed by atoms with van der Waals surface area (Å²) in [5.74, 6) is 0.331. The molecule has 1 aromatic heterocycles. The van der Waals surface area contributed by atoms with Gasteiger partial charge in [-0.05, 0) is 23.8 Å². The van der Waals surface area contributed by atoms with Gasteiger partial charge in [-0.3, -0.25) is 0 Å². The molecule has 0 aliphatic carbocycles. The van der Waals surface area contributed by atoms with Crippen LogP contribution in [0.1, 0.15) is 20.8 Å². The highest BCUT2D eigenvalue weighted by Gasteiger charge is 2.08. The molecule has 1 heterocycles. The van der Waals surface area contributed by atoms with E-state index in [4.69, 9.17) is 15.1 Å². The van der Waals surface area contributed by atoms with Crippen LogP contribution in [0.5, 0.6) is 5.75 Å². The van der Waals surface area contributed by atoms with Crippen LogP contribution in [0.4, 0.5) is 0 Å². The van der Waals surface area contributed by atoms with Crippen LogP contribution in [-0.4, -0.2) is 18.2 Å². The minimum atomic E-state index is -0.905. The van der Waals surface area contributed by atoms with E-state index in [-0.39, 0.29) is 0 Å². The second-order valence-corrected chi connectivity index (χ2v) is 5.85. The Bertz CT molecular complexity index is 673. The third-order valence-electron chi connectivity index (χ3n) is 2.58. The number of thioether (sulfide) groups is 1. The van der Waals surface area contributed by atoms with Gasteiger partial charge in [-0.1, -0.05) is 6.07 Å². The first kappa shape index (κ1) is 14.4. The van der Waals surface area contributed by atoms with Crippen molar-refractivity contribution in [3.05, 3.63) is 45.6 Å². The molecule has 1 N–H and O–H groups in total. The predicted molar refractivity (Wildman–Crippen MR) is 78.5 cm³/mol. The van der Waals surface area contributed by atoms with E-state index in [1.165, 1.54) is 18.4 Å². The molecule has 0 amide bonds. The maximum absolute atomic E-state index is 10.8. The van der Waals surface area contributed by atoms with Gasteiger partial charge in [0.2, 0.25) is 0 Å². The number of hydrogen-bond donors (Lipinski definition) is 1. The van der Waals surface area contributed by atoms with Gasteiger partial charge < -0.3 is 9.84 Å². The van der Waals surface area contributed by atoms with E-state index in [1.807, 2.05) is 11.4 Å². The number of rotatable bonds is 5. The normalized spacial score (nSPS) is 10.0. The van der Waals surface area contributed by atoms with Crippen molar-refractivity contribution < 1.29 is 14.6 Å². The average Bonchev–Trinajstić information content (AvgIpc) is 2.94. The zero-order chi connectivity index (χ0) is 14.5. The first-order valence-corrected chi connectivity index (χ1v) is 7.52. The van der Waals surface area contributed by atoms with Gasteiger partial charge in [0, 0.05) is 16.0 Å². The van der Waals surface area contributed by atoms with Crippen molar-refractivity contribution in [2.75, 3.05) is 7.11 Å². The lowest BCUT2D eigenvalue weighted by atomic mass is 10.1. The van der Waals surface area contributed by atoms with Gasteiger partial charge in [-0.2, -0.15) is 5.26 Å². The topological polar surface area (TPSA) is 70.3 Å². The Morgan fingerprint density at radius 1 is 1.50 bits per heavy atom. The maximum Gasteiger partial charge on any atom is 0.345 e. The molecule has 0 bridgehead atoms. The number of aromatic carboxylic acids is 1. The number of carboxylic acid groups (broad SMARTS) is 1. The number of nitriles is 1. The fraction of sp³-hybridized carbons (Fsp3) is 0.143. The van der Waals surface area contributed by atoms with Gasteiger partial charge in [-0.15, -0.1) is 23.1 Å². The number of ether oxygens (including phenoxy) is 1. The smallest absolute Gasteiger partial charge is 0.345 e. The second kappa shape index (κ2) is 6.46. The molecular weight excluding hydrogens is 294 g/mol. The van der Waals surface area contributed by atoms with E-state index in [9.17, 15) is 4.79 Å². The highest BCUT2D eigenvalue weighted by atomic mass is 32.2. The maximum atomic E-state index is 10.8. The van der Waals surface area contributed by atoms with Crippen molar-refractivity contribution in [1.29, 1.82) is 5.26 Å². The highest BCUT2D eigenvalue weighted by molar-refractivity contribution is 7.98. The lowest BCUT2D eigenvalue weighted by Gasteiger charge is -2.05. The summed E-state index contributed by atoms with van der Waals surface area (Å²) in [7, 11) is 1.53. The Morgan fingerprint density at radius 3 is 2.90 bits per heavy atom.